The van der Waals surface area contributed by atoms with Crippen LogP contribution in [0.2, 0.25) is 0 Å². The number of ether oxygens (including phenoxy) is 2. The van der Waals surface area contributed by atoms with Crippen molar-refractivity contribution < 1.29 is 19.1 Å². The van der Waals surface area contributed by atoms with Gasteiger partial charge in [-0.15, -0.1) is 0 Å². The number of carbonyl (C=O) groups is 2. The van der Waals surface area contributed by atoms with Gasteiger partial charge in [-0.1, -0.05) is 15.9 Å². The molecule has 2 heterocycles. The van der Waals surface area contributed by atoms with Crippen molar-refractivity contribution >= 4 is 39.4 Å². The average Bonchev–Trinajstić information content (AvgIpc) is 3.18. The van der Waals surface area contributed by atoms with Crippen LogP contribution in [0.1, 0.15) is 40.0 Å². The summed E-state index contributed by atoms with van der Waals surface area (Å²) in [6.45, 7) is 6.95. The first-order valence-electron chi connectivity index (χ1n) is 9.57. The van der Waals surface area contributed by atoms with Crippen LogP contribution >= 0.6 is 15.9 Å². The smallest absolute Gasteiger partial charge is 0.410 e. The van der Waals surface area contributed by atoms with E-state index in [0.29, 0.717) is 13.1 Å². The Bertz CT molecular complexity index is 749. The molecule has 0 saturated carbocycles. The minimum absolute atomic E-state index is 0.0337. The summed E-state index contributed by atoms with van der Waals surface area (Å²) < 4.78 is 11.4. The summed E-state index contributed by atoms with van der Waals surface area (Å²) in [5.41, 5.74) is 1.46. The van der Waals surface area contributed by atoms with Crippen molar-refractivity contribution in [2.75, 3.05) is 30.4 Å². The van der Waals surface area contributed by atoms with Gasteiger partial charge in [-0.2, -0.15) is 0 Å². The van der Waals surface area contributed by atoms with Gasteiger partial charge in [0.05, 0.1) is 30.9 Å². The maximum atomic E-state index is 12.6. The summed E-state index contributed by atoms with van der Waals surface area (Å²) in [5.74, 6) is -0.273. The number of nitrogens with zero attached hydrogens (tertiary/aromatic N) is 2. The second-order valence-electron chi connectivity index (χ2n) is 8.22. The van der Waals surface area contributed by atoms with Gasteiger partial charge in [0.25, 0.3) is 0 Å². The molecule has 1 fully saturated rings. The highest BCUT2D eigenvalue weighted by molar-refractivity contribution is 9.10. The average molecular weight is 454 g/mol. The highest BCUT2D eigenvalue weighted by Gasteiger charge is 2.38. The fourth-order valence-corrected chi connectivity index (χ4v) is 4.10. The quantitative estimate of drug-likeness (QED) is 0.695. The number of fused-ring (bicyclic) bond motifs is 1. The van der Waals surface area contributed by atoms with Gasteiger partial charge in [-0.25, -0.2) is 4.79 Å². The van der Waals surface area contributed by atoms with Crippen LogP contribution in [0, 0.1) is 0 Å². The molecule has 2 aliphatic heterocycles. The Morgan fingerprint density at radius 1 is 1.32 bits per heavy atom. The number of rotatable bonds is 4. The fraction of sp³-hybridized carbons (Fsp3) is 0.600. The number of amides is 1. The van der Waals surface area contributed by atoms with Gasteiger partial charge in [0.1, 0.15) is 11.8 Å². The van der Waals surface area contributed by atoms with Crippen molar-refractivity contribution in [1.29, 1.82) is 0 Å². The molecule has 2 unspecified atom stereocenters. The lowest BCUT2D eigenvalue weighted by molar-refractivity contribution is -0.140. The molecule has 28 heavy (non-hydrogen) atoms. The molecular formula is C20H28BrN3O4. The maximum absolute atomic E-state index is 12.6. The van der Waals surface area contributed by atoms with Crippen molar-refractivity contribution in [3.63, 3.8) is 0 Å². The Balaban J connectivity index is 1.79. The first kappa shape index (κ1) is 20.8. The molecule has 3 rings (SSSR count). The zero-order valence-corrected chi connectivity index (χ0v) is 18.4. The summed E-state index contributed by atoms with van der Waals surface area (Å²) in [4.78, 5) is 28.5. The van der Waals surface area contributed by atoms with Crippen LogP contribution in [-0.2, 0) is 14.3 Å². The summed E-state index contributed by atoms with van der Waals surface area (Å²) >= 11 is 3.49. The van der Waals surface area contributed by atoms with E-state index in [4.69, 9.17) is 9.47 Å². The van der Waals surface area contributed by atoms with Crippen molar-refractivity contribution in [3.8, 4) is 0 Å². The number of nitrogens with one attached hydrogen (secondary N) is 1. The van der Waals surface area contributed by atoms with Gasteiger partial charge in [0.15, 0.2) is 0 Å². The van der Waals surface area contributed by atoms with Gasteiger partial charge >= 0.3 is 12.1 Å². The molecule has 0 aliphatic carbocycles. The number of hydrogen-bond donors (Lipinski definition) is 1. The van der Waals surface area contributed by atoms with Gasteiger partial charge in [-0.3, -0.25) is 4.79 Å². The number of esters is 1. The highest BCUT2D eigenvalue weighted by Crippen LogP contribution is 2.38. The normalized spacial score (nSPS) is 21.3. The lowest BCUT2D eigenvalue weighted by atomic mass is 10.1. The Labute approximate surface area is 174 Å². The summed E-state index contributed by atoms with van der Waals surface area (Å²) in [7, 11) is 1.40. The Hall–Kier alpha value is -1.96. The first-order valence-corrected chi connectivity index (χ1v) is 10.4. The molecule has 0 bridgehead atoms. The van der Waals surface area contributed by atoms with E-state index in [0.717, 1.165) is 28.7 Å². The van der Waals surface area contributed by atoms with E-state index in [1.54, 1.807) is 0 Å². The molecule has 8 heteroatoms. The highest BCUT2D eigenvalue weighted by atomic mass is 79.9. The van der Waals surface area contributed by atoms with Crippen LogP contribution in [-0.4, -0.2) is 55.0 Å². The zero-order chi connectivity index (χ0) is 20.5. The van der Waals surface area contributed by atoms with E-state index < -0.39 is 5.60 Å². The number of anilines is 2. The van der Waals surface area contributed by atoms with Gasteiger partial charge < -0.3 is 24.6 Å². The third-order valence-electron chi connectivity index (χ3n) is 4.97. The number of benzene rings is 1. The van der Waals surface area contributed by atoms with Crippen molar-refractivity contribution in [3.05, 3.63) is 22.7 Å². The van der Waals surface area contributed by atoms with Gasteiger partial charge in [0, 0.05) is 17.6 Å². The predicted molar refractivity (Wildman–Crippen MR) is 111 cm³/mol. The maximum Gasteiger partial charge on any atom is 0.410 e. The minimum Gasteiger partial charge on any atom is -0.469 e. The number of carbonyl (C=O) groups excluding carboxylic acids is 2. The zero-order valence-electron chi connectivity index (χ0n) is 16.8. The molecular weight excluding hydrogens is 426 g/mol. The van der Waals surface area contributed by atoms with Gasteiger partial charge in [-0.05, 0) is 51.8 Å². The molecule has 0 spiro atoms. The van der Waals surface area contributed by atoms with E-state index in [2.05, 4.69) is 26.1 Å². The lowest BCUT2D eigenvalue weighted by Crippen LogP contribution is -2.48. The van der Waals surface area contributed by atoms with Crippen LogP contribution in [0.25, 0.3) is 0 Å². The van der Waals surface area contributed by atoms with E-state index in [-0.39, 0.29) is 30.7 Å². The molecule has 1 aromatic rings. The summed E-state index contributed by atoms with van der Waals surface area (Å²) in [6.07, 6.45) is 1.59. The topological polar surface area (TPSA) is 71.1 Å². The van der Waals surface area contributed by atoms with Crippen molar-refractivity contribution in [1.82, 2.24) is 4.90 Å². The number of halogens is 1. The molecule has 1 saturated heterocycles. The van der Waals surface area contributed by atoms with Crippen LogP contribution in [0.3, 0.4) is 0 Å². The summed E-state index contributed by atoms with van der Waals surface area (Å²) in [5, 5.41) is 3.41. The largest absolute Gasteiger partial charge is 0.469 e. The molecule has 1 N–H and O–H groups in total. The van der Waals surface area contributed by atoms with E-state index >= 15 is 0 Å². The van der Waals surface area contributed by atoms with Crippen molar-refractivity contribution in [2.45, 2.75) is 57.8 Å². The third kappa shape index (κ3) is 4.71. The molecule has 2 aliphatic rings. The number of methoxy groups -OCH3 is 1. The third-order valence-corrected chi connectivity index (χ3v) is 5.46. The molecule has 0 aromatic heterocycles. The lowest BCUT2D eigenvalue weighted by Gasteiger charge is -2.33. The first-order chi connectivity index (χ1) is 13.2. The van der Waals surface area contributed by atoms with Crippen LogP contribution in [0.15, 0.2) is 22.7 Å². The van der Waals surface area contributed by atoms with E-state index in [1.165, 1.54) is 7.11 Å². The van der Waals surface area contributed by atoms with Crippen LogP contribution in [0.5, 0.6) is 0 Å². The number of likely N-dealkylation sites (tertiary alicyclic amines) is 1. The second-order valence-corrected chi connectivity index (χ2v) is 9.14. The second kappa shape index (κ2) is 8.19. The minimum atomic E-state index is -0.522. The number of hydrogen-bond acceptors (Lipinski definition) is 6. The molecule has 1 amide bonds. The standard InChI is InChI=1S/C20H28BrN3O4/c1-20(2,3)28-19(26)23-9-5-6-14(23)12-24-16-8-7-13(21)10-15(16)22-17(24)11-18(25)27-4/h7-8,10,14,17,22H,5-6,9,11-12H2,1-4H3. The SMILES string of the molecule is COC(=O)CC1Nc2cc(Br)ccc2N1CC1CCCN1C(=O)OC(C)(C)C. The van der Waals surface area contributed by atoms with Crippen LogP contribution < -0.4 is 10.2 Å². The van der Waals surface area contributed by atoms with Crippen LogP contribution in [0.4, 0.5) is 16.2 Å². The van der Waals surface area contributed by atoms with E-state index in [9.17, 15) is 9.59 Å². The molecule has 154 valence electrons. The van der Waals surface area contributed by atoms with E-state index in [1.807, 2.05) is 43.9 Å². The molecule has 7 nitrogen and oxygen atoms in total. The fourth-order valence-electron chi connectivity index (χ4n) is 3.74. The Kier molecular flexibility index (Phi) is 6.07. The monoisotopic (exact) mass is 453 g/mol. The molecule has 1 aromatic carbocycles. The molecule has 2 atom stereocenters. The predicted octanol–water partition coefficient (Wildman–Crippen LogP) is 3.97. The Morgan fingerprint density at radius 3 is 2.75 bits per heavy atom. The molecule has 0 radical (unpaired) electrons. The Morgan fingerprint density at radius 2 is 2.07 bits per heavy atom. The summed E-state index contributed by atoms with van der Waals surface area (Å²) in [6, 6.07) is 6.04. The van der Waals surface area contributed by atoms with Gasteiger partial charge in [0.2, 0.25) is 0 Å². The van der Waals surface area contributed by atoms with Crippen molar-refractivity contribution in [2.24, 2.45) is 0 Å².